The first-order valence-corrected chi connectivity index (χ1v) is 7.63. The number of alkyl halides is 3. The van der Waals surface area contributed by atoms with Crippen molar-refractivity contribution < 1.29 is 22.4 Å². The molecular weight excluding hydrogens is 357 g/mol. The zero-order valence-electron chi connectivity index (χ0n) is 12.3. The fourth-order valence-corrected chi connectivity index (χ4v) is 2.40. The van der Waals surface area contributed by atoms with E-state index >= 15 is 0 Å². The maximum absolute atomic E-state index is 12.5. The van der Waals surface area contributed by atoms with E-state index in [1.54, 1.807) is 24.3 Å². The second-order valence-corrected chi connectivity index (χ2v) is 5.69. The summed E-state index contributed by atoms with van der Waals surface area (Å²) < 4.78 is 42.5. The Balaban J connectivity index is 1.65. The van der Waals surface area contributed by atoms with Gasteiger partial charge in [-0.1, -0.05) is 11.3 Å². The number of anilines is 1. The normalized spacial score (nSPS) is 11.8. The first kappa shape index (κ1) is 16.8. The van der Waals surface area contributed by atoms with Crippen molar-refractivity contribution in [3.05, 3.63) is 58.8 Å². The second-order valence-electron chi connectivity index (χ2n) is 4.68. The van der Waals surface area contributed by atoms with Crippen LogP contribution in [0.4, 0.5) is 18.3 Å². The van der Waals surface area contributed by atoms with E-state index in [9.17, 15) is 18.0 Å². The van der Waals surface area contributed by atoms with Crippen molar-refractivity contribution in [3.63, 3.8) is 0 Å². The molecule has 6 nitrogen and oxygen atoms in total. The van der Waals surface area contributed by atoms with Crippen LogP contribution in [0.25, 0.3) is 12.2 Å². The number of aromatic nitrogens is 3. The average Bonchev–Trinajstić information content (AvgIpc) is 3.24. The van der Waals surface area contributed by atoms with Crippen LogP contribution < -0.4 is 5.32 Å². The van der Waals surface area contributed by atoms with E-state index in [2.05, 4.69) is 20.5 Å². The minimum absolute atomic E-state index is 0.0177. The zero-order valence-corrected chi connectivity index (χ0v) is 13.1. The number of nitrogens with zero attached hydrogens (tertiary/aromatic N) is 3. The number of pyridine rings is 1. The lowest BCUT2D eigenvalue weighted by Gasteiger charge is -2.06. The third kappa shape index (κ3) is 4.29. The van der Waals surface area contributed by atoms with E-state index in [0.29, 0.717) is 10.8 Å². The molecule has 1 amide bonds. The summed E-state index contributed by atoms with van der Waals surface area (Å²) in [6.45, 7) is 0. The Bertz CT molecular complexity index is 886. The molecule has 0 radical (unpaired) electrons. The summed E-state index contributed by atoms with van der Waals surface area (Å²) in [5.74, 6) is 0.00977. The molecule has 0 saturated heterocycles. The van der Waals surface area contributed by atoms with Gasteiger partial charge in [0.15, 0.2) is 0 Å². The second kappa shape index (κ2) is 6.85. The molecule has 0 unspecified atom stereocenters. The number of carbonyl (C=O) groups excluding carboxylic acids is 1. The number of nitrogens with one attached hydrogen (secondary N) is 1. The molecule has 3 heterocycles. The quantitative estimate of drug-likeness (QED) is 0.756. The highest BCUT2D eigenvalue weighted by atomic mass is 32.1. The van der Waals surface area contributed by atoms with Crippen molar-refractivity contribution in [2.75, 3.05) is 5.32 Å². The highest BCUT2D eigenvalue weighted by Crippen LogP contribution is 2.27. The molecule has 3 aromatic heterocycles. The molecule has 0 aliphatic rings. The van der Waals surface area contributed by atoms with E-state index in [-0.39, 0.29) is 10.7 Å². The minimum atomic E-state index is -4.55. The predicted octanol–water partition coefficient (Wildman–Crippen LogP) is 3.97. The highest BCUT2D eigenvalue weighted by Gasteiger charge is 2.32. The van der Waals surface area contributed by atoms with Crippen LogP contribution in [-0.4, -0.2) is 21.1 Å². The van der Waals surface area contributed by atoms with Crippen LogP contribution in [-0.2, 0) is 6.18 Å². The van der Waals surface area contributed by atoms with Gasteiger partial charge in [-0.25, -0.2) is 0 Å². The minimum Gasteiger partial charge on any atom is -0.465 e. The van der Waals surface area contributed by atoms with Crippen molar-refractivity contribution in [2.24, 2.45) is 0 Å². The molecule has 0 atom stereocenters. The van der Waals surface area contributed by atoms with Crippen molar-refractivity contribution in [1.29, 1.82) is 0 Å². The fraction of sp³-hybridized carbons (Fsp3) is 0.0667. The molecule has 3 aromatic rings. The number of amides is 1. The van der Waals surface area contributed by atoms with Crippen LogP contribution in [0, 0.1) is 0 Å². The Morgan fingerprint density at radius 3 is 2.68 bits per heavy atom. The average molecular weight is 366 g/mol. The lowest BCUT2D eigenvalue weighted by atomic mass is 10.2. The van der Waals surface area contributed by atoms with Gasteiger partial charge in [-0.05, 0) is 36.4 Å². The van der Waals surface area contributed by atoms with Gasteiger partial charge in [-0.2, -0.15) is 13.2 Å². The monoisotopic (exact) mass is 366 g/mol. The van der Waals surface area contributed by atoms with Gasteiger partial charge in [0, 0.05) is 6.20 Å². The van der Waals surface area contributed by atoms with Crippen LogP contribution in [0.5, 0.6) is 0 Å². The summed E-state index contributed by atoms with van der Waals surface area (Å²) in [4.78, 5) is 15.2. The predicted molar refractivity (Wildman–Crippen MR) is 84.7 cm³/mol. The summed E-state index contributed by atoms with van der Waals surface area (Å²) in [5.41, 5.74) is -1.08. The number of hydrogen-bond donors (Lipinski definition) is 1. The van der Waals surface area contributed by atoms with Gasteiger partial charge in [0.2, 0.25) is 5.13 Å². The zero-order chi connectivity index (χ0) is 17.9. The number of carbonyl (C=O) groups is 1. The fourth-order valence-electron chi connectivity index (χ4n) is 1.76. The smallest absolute Gasteiger partial charge is 0.433 e. The van der Waals surface area contributed by atoms with Gasteiger partial charge < -0.3 is 4.42 Å². The SMILES string of the molecule is O=C(Nc1nnc(C=Cc2ccco2)s1)c1ccc(C(F)(F)F)nc1. The Morgan fingerprint density at radius 2 is 2.04 bits per heavy atom. The van der Waals surface area contributed by atoms with E-state index in [4.69, 9.17) is 4.42 Å². The first-order chi connectivity index (χ1) is 11.9. The van der Waals surface area contributed by atoms with Crippen LogP contribution in [0.2, 0.25) is 0 Å². The molecule has 3 rings (SSSR count). The van der Waals surface area contributed by atoms with E-state index in [0.717, 1.165) is 29.7 Å². The first-order valence-electron chi connectivity index (χ1n) is 6.81. The Kier molecular flexibility index (Phi) is 4.61. The largest absolute Gasteiger partial charge is 0.465 e. The van der Waals surface area contributed by atoms with Crippen molar-refractivity contribution in [3.8, 4) is 0 Å². The summed E-state index contributed by atoms with van der Waals surface area (Å²) in [7, 11) is 0. The Labute approximate surface area is 143 Å². The number of furan rings is 1. The third-order valence-corrected chi connectivity index (χ3v) is 3.71. The molecular formula is C15H9F3N4O2S. The van der Waals surface area contributed by atoms with Gasteiger partial charge in [0.25, 0.3) is 5.91 Å². The van der Waals surface area contributed by atoms with Crippen molar-refractivity contribution in [1.82, 2.24) is 15.2 Å². The molecule has 0 saturated carbocycles. The van der Waals surface area contributed by atoms with Gasteiger partial charge >= 0.3 is 6.18 Å². The number of halogens is 3. The lowest BCUT2D eigenvalue weighted by Crippen LogP contribution is -2.14. The molecule has 25 heavy (non-hydrogen) atoms. The molecule has 0 aliphatic carbocycles. The van der Waals surface area contributed by atoms with Crippen LogP contribution in [0.15, 0.2) is 41.1 Å². The van der Waals surface area contributed by atoms with Crippen LogP contribution >= 0.6 is 11.3 Å². The van der Waals surface area contributed by atoms with Gasteiger partial charge in [-0.3, -0.25) is 15.1 Å². The summed E-state index contributed by atoms with van der Waals surface area (Å²) >= 11 is 1.10. The topological polar surface area (TPSA) is 80.9 Å². The number of rotatable bonds is 4. The molecule has 0 fully saturated rings. The van der Waals surface area contributed by atoms with Crippen molar-refractivity contribution in [2.45, 2.75) is 6.18 Å². The highest BCUT2D eigenvalue weighted by molar-refractivity contribution is 7.16. The van der Waals surface area contributed by atoms with E-state index < -0.39 is 17.8 Å². The van der Waals surface area contributed by atoms with Crippen LogP contribution in [0.1, 0.15) is 26.8 Å². The summed E-state index contributed by atoms with van der Waals surface area (Å²) in [6.07, 6.45) is 1.18. The van der Waals surface area contributed by atoms with E-state index in [1.165, 1.54) is 6.26 Å². The van der Waals surface area contributed by atoms with E-state index in [1.807, 2.05) is 0 Å². The molecule has 0 spiro atoms. The summed E-state index contributed by atoms with van der Waals surface area (Å²) in [6, 6.07) is 5.29. The van der Waals surface area contributed by atoms with Gasteiger partial charge in [0.1, 0.15) is 16.5 Å². The summed E-state index contributed by atoms with van der Waals surface area (Å²) in [5, 5.41) is 10.9. The maximum Gasteiger partial charge on any atom is 0.433 e. The molecule has 0 bridgehead atoms. The molecule has 0 aromatic carbocycles. The van der Waals surface area contributed by atoms with Gasteiger partial charge in [0.05, 0.1) is 11.8 Å². The Hall–Kier alpha value is -3.01. The molecule has 0 aliphatic heterocycles. The molecule has 1 N–H and O–H groups in total. The molecule has 10 heteroatoms. The number of hydrogen-bond acceptors (Lipinski definition) is 6. The molecule has 128 valence electrons. The van der Waals surface area contributed by atoms with Gasteiger partial charge in [-0.15, -0.1) is 10.2 Å². The third-order valence-electron chi connectivity index (χ3n) is 2.91. The van der Waals surface area contributed by atoms with Crippen LogP contribution in [0.3, 0.4) is 0 Å². The Morgan fingerprint density at radius 1 is 1.20 bits per heavy atom. The standard InChI is InChI=1S/C15H9F3N4O2S/c16-15(17,18)11-5-3-9(8-19-11)13(23)20-14-22-21-12(25-14)6-4-10-2-1-7-24-10/h1-8H,(H,20,22,23). The lowest BCUT2D eigenvalue weighted by molar-refractivity contribution is -0.141. The maximum atomic E-state index is 12.5. The van der Waals surface area contributed by atoms with Crippen molar-refractivity contribution >= 4 is 34.5 Å².